The summed E-state index contributed by atoms with van der Waals surface area (Å²) in [7, 11) is 0. The summed E-state index contributed by atoms with van der Waals surface area (Å²) in [6, 6.07) is 8.14. The molecule has 1 aromatic rings. The van der Waals surface area contributed by atoms with E-state index in [0.717, 1.165) is 12.4 Å². The van der Waals surface area contributed by atoms with Crippen LogP contribution in [0.4, 0.5) is 0 Å². The van der Waals surface area contributed by atoms with Gasteiger partial charge in [-0.15, -0.1) is 0 Å². The van der Waals surface area contributed by atoms with E-state index in [-0.39, 0.29) is 11.0 Å². The lowest BCUT2D eigenvalue weighted by Gasteiger charge is -2.27. The Balaban J connectivity index is 1.96. The molecule has 0 radical (unpaired) electrons. The van der Waals surface area contributed by atoms with E-state index in [9.17, 15) is 0 Å². The van der Waals surface area contributed by atoms with Crippen molar-refractivity contribution in [2.75, 3.05) is 13.2 Å². The molecular formula is C14H20O2. The van der Waals surface area contributed by atoms with Gasteiger partial charge in [-0.3, -0.25) is 0 Å². The second-order valence-corrected chi connectivity index (χ2v) is 5.63. The fraction of sp³-hybridized carbons (Fsp3) is 0.571. The van der Waals surface area contributed by atoms with Crippen LogP contribution >= 0.6 is 0 Å². The van der Waals surface area contributed by atoms with E-state index < -0.39 is 0 Å². The Kier molecular flexibility index (Phi) is 2.70. The summed E-state index contributed by atoms with van der Waals surface area (Å²) in [5, 5.41) is 0. The number of benzene rings is 1. The first-order valence-corrected chi connectivity index (χ1v) is 5.76. The number of epoxide rings is 1. The molecule has 0 saturated carbocycles. The first-order valence-electron chi connectivity index (χ1n) is 5.76. The Bertz CT molecular complexity index is 355. The molecule has 1 aliphatic heterocycles. The number of ether oxygens (including phenoxy) is 2. The van der Waals surface area contributed by atoms with E-state index in [1.807, 2.05) is 12.1 Å². The molecule has 1 aromatic carbocycles. The smallest absolute Gasteiger partial charge is 0.130 e. The molecule has 1 atom stereocenters. The van der Waals surface area contributed by atoms with Gasteiger partial charge in [0.25, 0.3) is 0 Å². The van der Waals surface area contributed by atoms with Gasteiger partial charge in [0.1, 0.15) is 18.0 Å². The van der Waals surface area contributed by atoms with Crippen molar-refractivity contribution in [1.82, 2.24) is 0 Å². The van der Waals surface area contributed by atoms with Crippen molar-refractivity contribution in [1.29, 1.82) is 0 Å². The minimum Gasteiger partial charge on any atom is -0.490 e. The molecule has 0 bridgehead atoms. The molecule has 2 nitrogen and oxygen atoms in total. The van der Waals surface area contributed by atoms with E-state index >= 15 is 0 Å². The molecule has 0 N–H and O–H groups in total. The van der Waals surface area contributed by atoms with Crippen molar-refractivity contribution in [3.63, 3.8) is 0 Å². The lowest BCUT2D eigenvalue weighted by atomic mass is 9.81. The van der Waals surface area contributed by atoms with Gasteiger partial charge in [-0.2, -0.15) is 0 Å². The minimum absolute atomic E-state index is 0.0854. The lowest BCUT2D eigenvalue weighted by molar-refractivity contribution is 0.0935. The largest absolute Gasteiger partial charge is 0.490 e. The summed E-state index contributed by atoms with van der Waals surface area (Å²) < 4.78 is 11.4. The van der Waals surface area contributed by atoms with Gasteiger partial charge in [0.2, 0.25) is 0 Å². The highest BCUT2D eigenvalue weighted by molar-refractivity contribution is 5.26. The number of aryl methyl sites for hydroxylation is 1. The van der Waals surface area contributed by atoms with Crippen LogP contribution in [0, 0.1) is 12.3 Å². The highest BCUT2D eigenvalue weighted by Gasteiger charge is 2.55. The predicted molar refractivity (Wildman–Crippen MR) is 64.8 cm³/mol. The molecule has 1 unspecified atom stereocenters. The van der Waals surface area contributed by atoms with Crippen LogP contribution < -0.4 is 4.74 Å². The third kappa shape index (κ3) is 2.22. The van der Waals surface area contributed by atoms with Gasteiger partial charge in [-0.05, 0) is 24.5 Å². The van der Waals surface area contributed by atoms with Gasteiger partial charge in [-0.25, -0.2) is 0 Å². The van der Waals surface area contributed by atoms with Crippen molar-refractivity contribution in [2.24, 2.45) is 5.41 Å². The SMILES string of the molecule is Cc1ccc(OCC2(C(C)(C)C)CO2)cc1. The Morgan fingerprint density at radius 2 is 1.81 bits per heavy atom. The molecule has 0 aromatic heterocycles. The molecule has 16 heavy (non-hydrogen) atoms. The molecule has 2 heteroatoms. The maximum absolute atomic E-state index is 5.79. The number of hydrogen-bond donors (Lipinski definition) is 0. The third-order valence-electron chi connectivity index (χ3n) is 3.35. The molecule has 88 valence electrons. The molecule has 0 aliphatic carbocycles. The maximum atomic E-state index is 5.79. The van der Waals surface area contributed by atoms with Crippen molar-refractivity contribution in [3.8, 4) is 5.75 Å². The summed E-state index contributed by atoms with van der Waals surface area (Å²) >= 11 is 0. The molecule has 2 rings (SSSR count). The zero-order valence-corrected chi connectivity index (χ0v) is 10.5. The van der Waals surface area contributed by atoms with Crippen LogP contribution in [0.5, 0.6) is 5.75 Å². The number of rotatable bonds is 3. The van der Waals surface area contributed by atoms with E-state index in [2.05, 4.69) is 39.8 Å². The Morgan fingerprint density at radius 1 is 1.25 bits per heavy atom. The predicted octanol–water partition coefficient (Wildman–Crippen LogP) is 3.19. The molecule has 0 amide bonds. The van der Waals surface area contributed by atoms with E-state index in [1.165, 1.54) is 5.56 Å². The molecule has 1 aliphatic rings. The normalized spacial score (nSPS) is 24.2. The van der Waals surface area contributed by atoms with Crippen molar-refractivity contribution in [2.45, 2.75) is 33.3 Å². The van der Waals surface area contributed by atoms with Gasteiger partial charge in [0.15, 0.2) is 0 Å². The highest BCUT2D eigenvalue weighted by Crippen LogP contribution is 2.44. The fourth-order valence-corrected chi connectivity index (χ4v) is 1.65. The molecule has 1 fully saturated rings. The van der Waals surface area contributed by atoms with Crippen molar-refractivity contribution >= 4 is 0 Å². The van der Waals surface area contributed by atoms with Gasteiger partial charge >= 0.3 is 0 Å². The van der Waals surface area contributed by atoms with Crippen LogP contribution in [0.15, 0.2) is 24.3 Å². The summed E-state index contributed by atoms with van der Waals surface area (Å²) in [4.78, 5) is 0. The van der Waals surface area contributed by atoms with Gasteiger partial charge < -0.3 is 9.47 Å². The van der Waals surface area contributed by atoms with Gasteiger partial charge in [-0.1, -0.05) is 38.5 Å². The van der Waals surface area contributed by atoms with Crippen LogP contribution in [-0.2, 0) is 4.74 Å². The number of hydrogen-bond acceptors (Lipinski definition) is 2. The standard InChI is InChI=1S/C14H20O2/c1-11-5-7-12(8-6-11)15-9-14(10-16-14)13(2,3)4/h5-8H,9-10H2,1-4H3. The first-order chi connectivity index (χ1) is 7.43. The molecule has 1 heterocycles. The zero-order chi connectivity index (χ0) is 11.8. The summed E-state index contributed by atoms with van der Waals surface area (Å²) in [6.07, 6.45) is 0. The first kappa shape index (κ1) is 11.5. The van der Waals surface area contributed by atoms with E-state index in [0.29, 0.717) is 6.61 Å². The van der Waals surface area contributed by atoms with Crippen molar-refractivity contribution in [3.05, 3.63) is 29.8 Å². The zero-order valence-electron chi connectivity index (χ0n) is 10.5. The Labute approximate surface area is 97.6 Å². The minimum atomic E-state index is -0.0854. The Morgan fingerprint density at radius 3 is 2.25 bits per heavy atom. The maximum Gasteiger partial charge on any atom is 0.130 e. The van der Waals surface area contributed by atoms with Gasteiger partial charge in [0.05, 0.1) is 6.61 Å². The average molecular weight is 220 g/mol. The molecular weight excluding hydrogens is 200 g/mol. The topological polar surface area (TPSA) is 21.8 Å². The fourth-order valence-electron chi connectivity index (χ4n) is 1.65. The monoisotopic (exact) mass is 220 g/mol. The van der Waals surface area contributed by atoms with Crippen LogP contribution in [0.1, 0.15) is 26.3 Å². The van der Waals surface area contributed by atoms with Crippen LogP contribution in [-0.4, -0.2) is 18.8 Å². The Hall–Kier alpha value is -1.02. The molecule has 0 spiro atoms. The van der Waals surface area contributed by atoms with Crippen LogP contribution in [0.3, 0.4) is 0 Å². The average Bonchev–Trinajstić information content (AvgIpc) is 2.97. The summed E-state index contributed by atoms with van der Waals surface area (Å²) in [5.74, 6) is 0.921. The van der Waals surface area contributed by atoms with Gasteiger partial charge in [0, 0.05) is 0 Å². The molecule has 1 saturated heterocycles. The van der Waals surface area contributed by atoms with Crippen LogP contribution in [0.25, 0.3) is 0 Å². The van der Waals surface area contributed by atoms with E-state index in [1.54, 1.807) is 0 Å². The summed E-state index contributed by atoms with van der Waals surface area (Å²) in [5.41, 5.74) is 1.30. The quantitative estimate of drug-likeness (QED) is 0.730. The van der Waals surface area contributed by atoms with Crippen molar-refractivity contribution < 1.29 is 9.47 Å². The summed E-state index contributed by atoms with van der Waals surface area (Å²) in [6.45, 7) is 10.1. The third-order valence-corrected chi connectivity index (χ3v) is 3.35. The highest BCUT2D eigenvalue weighted by atomic mass is 16.6. The second kappa shape index (κ2) is 3.77. The van der Waals surface area contributed by atoms with Crippen LogP contribution in [0.2, 0.25) is 0 Å². The van der Waals surface area contributed by atoms with E-state index in [4.69, 9.17) is 9.47 Å². The second-order valence-electron chi connectivity index (χ2n) is 5.63. The lowest BCUT2D eigenvalue weighted by Crippen LogP contribution is -2.36.